The molecule has 2 saturated carbocycles. The Kier molecular flexibility index (Phi) is 8.19. The molecule has 270 valence electrons. The molecule has 2 spiro atoms. The van der Waals surface area contributed by atoms with Crippen molar-refractivity contribution in [1.29, 1.82) is 0 Å². The van der Waals surface area contributed by atoms with E-state index in [1.54, 1.807) is 0 Å². The smallest absolute Gasteiger partial charge is 0.211 e. The maximum Gasteiger partial charge on any atom is 0.211 e. The van der Waals surface area contributed by atoms with E-state index in [1.807, 2.05) is 20.8 Å². The van der Waals surface area contributed by atoms with E-state index in [0.29, 0.717) is 24.7 Å². The summed E-state index contributed by atoms with van der Waals surface area (Å²) in [6.45, 7) is 14.8. The first-order chi connectivity index (χ1) is 22.5. The molecule has 0 aromatic carbocycles. The van der Waals surface area contributed by atoms with Crippen LogP contribution in [-0.4, -0.2) is 75.0 Å². The number of hydrogen-bond acceptors (Lipinski definition) is 10. The molecule has 8 aliphatic heterocycles. The number of rotatable bonds is 7. The number of hydrogen-bond donors (Lipinski definition) is 1. The second-order valence-corrected chi connectivity index (χ2v) is 19.5. The van der Waals surface area contributed by atoms with Gasteiger partial charge in [0.2, 0.25) is 21.6 Å². The van der Waals surface area contributed by atoms with Crippen LogP contribution in [0.2, 0.25) is 0 Å². The summed E-state index contributed by atoms with van der Waals surface area (Å²) >= 11 is 0. The number of ether oxygens (including phenoxy) is 4. The Hall–Kier alpha value is -0.345. The van der Waals surface area contributed by atoms with Gasteiger partial charge in [-0.05, 0) is 108 Å². The zero-order valence-electron chi connectivity index (χ0n) is 29.8. The minimum Gasteiger partial charge on any atom is -0.353 e. The van der Waals surface area contributed by atoms with Crippen LogP contribution >= 0.6 is 0 Å². The lowest BCUT2D eigenvalue weighted by Crippen LogP contribution is -2.73. The second kappa shape index (κ2) is 11.3. The summed E-state index contributed by atoms with van der Waals surface area (Å²) in [7, 11) is 3.38. The van der Waals surface area contributed by atoms with Gasteiger partial charge in [-0.25, -0.2) is 32.7 Å². The summed E-state index contributed by atoms with van der Waals surface area (Å²) in [6, 6.07) is 0. The van der Waals surface area contributed by atoms with Crippen molar-refractivity contribution >= 4 is 17.9 Å². The molecule has 0 unspecified atom stereocenters. The van der Waals surface area contributed by atoms with E-state index in [-0.39, 0.29) is 47.8 Å². The highest BCUT2D eigenvalue weighted by atomic mass is 32.2. The Morgan fingerprint density at radius 2 is 1.17 bits per heavy atom. The Morgan fingerprint density at radius 3 is 1.73 bits per heavy atom. The lowest BCUT2D eigenvalue weighted by atomic mass is 9.52. The molecule has 10 aliphatic rings. The predicted molar refractivity (Wildman–Crippen MR) is 174 cm³/mol. The average Bonchev–Trinajstić information content (AvgIpc) is 3.39. The molecule has 11 nitrogen and oxygen atoms in total. The van der Waals surface area contributed by atoms with E-state index in [0.717, 1.165) is 51.4 Å². The summed E-state index contributed by atoms with van der Waals surface area (Å²) in [6.07, 6.45) is 6.73. The van der Waals surface area contributed by atoms with Crippen molar-refractivity contribution < 1.29 is 46.9 Å². The van der Waals surface area contributed by atoms with Gasteiger partial charge in [0.05, 0.1) is 11.4 Å². The quantitative estimate of drug-likeness (QED) is 0.286. The van der Waals surface area contributed by atoms with Crippen LogP contribution in [0.15, 0.2) is 0 Å². The topological polar surface area (TPSA) is 120 Å². The van der Waals surface area contributed by atoms with Crippen molar-refractivity contribution in [3.05, 3.63) is 0 Å². The Labute approximate surface area is 287 Å². The molecule has 8 heterocycles. The number of nitrogens with one attached hydrogen (secondary N) is 1. The largest absolute Gasteiger partial charge is 0.353 e. The van der Waals surface area contributed by atoms with E-state index in [1.165, 1.54) is 0 Å². The van der Waals surface area contributed by atoms with Crippen LogP contribution in [0, 0.1) is 47.3 Å². The molecule has 0 amide bonds. The number of sulfonamides is 1. The monoisotopic (exact) mass is 693 g/mol. The first-order valence-electron chi connectivity index (χ1n) is 18.7. The zero-order valence-corrected chi connectivity index (χ0v) is 30.6. The van der Waals surface area contributed by atoms with Gasteiger partial charge in [-0.15, -0.1) is 0 Å². The van der Waals surface area contributed by atoms with Crippen molar-refractivity contribution in [3.63, 3.8) is 0 Å². The molecule has 2 radical (unpaired) electrons. The highest BCUT2D eigenvalue weighted by Crippen LogP contribution is 2.64. The van der Waals surface area contributed by atoms with Crippen LogP contribution < -0.4 is 4.72 Å². The summed E-state index contributed by atoms with van der Waals surface area (Å²) < 4.78 is 56.4. The fourth-order valence-corrected chi connectivity index (χ4v) is 12.8. The molecule has 10 fully saturated rings. The molecule has 2 aliphatic carbocycles. The fourth-order valence-electron chi connectivity index (χ4n) is 11.6. The van der Waals surface area contributed by atoms with Gasteiger partial charge in [-0.3, -0.25) is 0 Å². The summed E-state index contributed by atoms with van der Waals surface area (Å²) in [5.74, 6) is -0.319. The first kappa shape index (κ1) is 34.7. The maximum atomic E-state index is 13.6. The summed E-state index contributed by atoms with van der Waals surface area (Å²) in [5, 5.41) is 0. The van der Waals surface area contributed by atoms with Crippen molar-refractivity contribution in [1.82, 2.24) is 4.72 Å². The van der Waals surface area contributed by atoms with Crippen LogP contribution in [0.5, 0.6) is 0 Å². The van der Waals surface area contributed by atoms with Crippen LogP contribution in [-0.2, 0) is 48.5 Å². The first-order valence-corrected chi connectivity index (χ1v) is 20.3. The Morgan fingerprint density at radius 1 is 0.646 bits per heavy atom. The van der Waals surface area contributed by atoms with Crippen LogP contribution in [0.25, 0.3) is 0 Å². The Bertz CT molecular complexity index is 1390. The minimum absolute atomic E-state index is 0.0368. The van der Waals surface area contributed by atoms with Gasteiger partial charge in [0, 0.05) is 36.7 Å². The molecule has 48 heavy (non-hydrogen) atoms. The molecule has 16 atom stereocenters. The van der Waals surface area contributed by atoms with Crippen molar-refractivity contribution in [2.75, 3.05) is 12.3 Å². The van der Waals surface area contributed by atoms with Gasteiger partial charge in [-0.2, -0.15) is 0 Å². The van der Waals surface area contributed by atoms with Gasteiger partial charge >= 0.3 is 0 Å². The highest BCUT2D eigenvalue weighted by molar-refractivity contribution is 7.89. The maximum absolute atomic E-state index is 13.6. The van der Waals surface area contributed by atoms with E-state index >= 15 is 0 Å². The Balaban J connectivity index is 0.939. The number of fused-ring (bicyclic) bond motifs is 4. The third kappa shape index (κ3) is 5.02. The molecule has 13 heteroatoms. The van der Waals surface area contributed by atoms with Crippen LogP contribution in [0.4, 0.5) is 0 Å². The molecular weight excluding hydrogens is 637 g/mol. The van der Waals surface area contributed by atoms with Gasteiger partial charge in [0.15, 0.2) is 23.8 Å². The van der Waals surface area contributed by atoms with Crippen molar-refractivity contribution in [3.8, 4) is 0 Å². The third-order valence-corrected chi connectivity index (χ3v) is 16.3. The van der Waals surface area contributed by atoms with E-state index in [4.69, 9.17) is 46.3 Å². The SMILES string of the molecule is [B][C@]1(CCNS(=O)(=O)CC[C@@]2(C)O[C@@H]3O[C@]4(C)CC[C@H]5[C@H](C)CC[C@@H]([C@H]2C)[C@@]35OO4)O[C@@H]2O[C@]3(C)CC[C@H]4[C@H](C)CC[C@@H]([C@H]1C)[C@@]24OO3. The second-order valence-electron chi connectivity index (χ2n) is 17.6. The standard InChI is InChI=1S/C35H56BNO10S/c1-20-8-10-26-22(3)30(5,40-28-34(26)24(20)12-14-31(6,41-28)44-46-34)17-19-48(38,39)37-18-16-33(36)23(4)27-11-9-21(2)25-13-15-32(7)42-29(43-33)35(25,27)47-45-32/h20-29,37H,8-19H2,1-7H3/t20-,21-,22-,23-,24+,25+,26+,27+,28-,29+,30-,31+,32+,33-,34-,35-/m1/s1. The van der Waals surface area contributed by atoms with E-state index in [2.05, 4.69) is 32.4 Å². The predicted octanol–water partition coefficient (Wildman–Crippen LogP) is 5.07. The summed E-state index contributed by atoms with van der Waals surface area (Å²) in [5.41, 5.74) is -3.22. The molecule has 4 bridgehead atoms. The molecule has 0 aromatic rings. The lowest BCUT2D eigenvalue weighted by Gasteiger charge is -2.63. The van der Waals surface area contributed by atoms with Gasteiger partial charge < -0.3 is 18.9 Å². The molecular formula is C35H56BNO10S. The highest BCUT2D eigenvalue weighted by Gasteiger charge is 2.72. The van der Waals surface area contributed by atoms with Crippen LogP contribution in [0.3, 0.4) is 0 Å². The zero-order chi connectivity index (χ0) is 34.1. The normalized spacial score (nSPS) is 57.3. The molecule has 8 saturated heterocycles. The fraction of sp³-hybridized carbons (Fsp3) is 1.00. The summed E-state index contributed by atoms with van der Waals surface area (Å²) in [4.78, 5) is 24.4. The van der Waals surface area contributed by atoms with Crippen molar-refractivity contribution in [2.24, 2.45) is 47.3 Å². The van der Waals surface area contributed by atoms with E-state index < -0.39 is 56.5 Å². The molecule has 10 rings (SSSR count). The molecule has 1 N–H and O–H groups in total. The lowest BCUT2D eigenvalue weighted by molar-refractivity contribution is -0.576. The van der Waals surface area contributed by atoms with Gasteiger partial charge in [0.1, 0.15) is 7.85 Å². The van der Waals surface area contributed by atoms with E-state index in [9.17, 15) is 8.42 Å². The average molecular weight is 694 g/mol. The third-order valence-electron chi connectivity index (χ3n) is 14.9. The van der Waals surface area contributed by atoms with Crippen LogP contribution in [0.1, 0.15) is 113 Å². The van der Waals surface area contributed by atoms with Gasteiger partial charge in [-0.1, -0.05) is 27.7 Å². The molecule has 0 aromatic heterocycles. The van der Waals surface area contributed by atoms with Gasteiger partial charge in [0.25, 0.3) is 0 Å². The minimum atomic E-state index is -3.66. The van der Waals surface area contributed by atoms with Crippen molar-refractivity contribution in [2.45, 2.75) is 159 Å².